The van der Waals surface area contributed by atoms with Crippen molar-refractivity contribution in [3.63, 3.8) is 0 Å². The zero-order valence-electron chi connectivity index (χ0n) is 16.6. The number of nitrogens with zero attached hydrogens (tertiary/aromatic N) is 1. The number of alkyl halides is 2. The second-order valence-corrected chi connectivity index (χ2v) is 7.35. The fourth-order valence-electron chi connectivity index (χ4n) is 3.40. The number of rotatable bonds is 6. The lowest BCUT2D eigenvalue weighted by atomic mass is 9.68. The molecule has 1 aliphatic rings. The molecule has 10 heteroatoms. The van der Waals surface area contributed by atoms with Gasteiger partial charge in [-0.25, -0.2) is 4.39 Å². The van der Waals surface area contributed by atoms with E-state index >= 15 is 0 Å². The highest BCUT2D eigenvalue weighted by Gasteiger charge is 2.47. The van der Waals surface area contributed by atoms with Gasteiger partial charge in [-0.15, -0.1) is 0 Å². The molecule has 0 saturated heterocycles. The molecular weight excluding hydrogens is 441 g/mol. The van der Waals surface area contributed by atoms with Gasteiger partial charge in [-0.05, 0) is 24.6 Å². The monoisotopic (exact) mass is 460 g/mol. The SMILES string of the molecule is O=C(NNC(=O)C(c1ccccc1F)C1(C(=S)Nc2ccccc2)C=CN=CC1)C(F)F. The molecule has 2 aromatic rings. The van der Waals surface area contributed by atoms with Gasteiger partial charge in [-0.2, -0.15) is 8.78 Å². The van der Waals surface area contributed by atoms with Gasteiger partial charge in [0.15, 0.2) is 0 Å². The number of hydrogen-bond donors (Lipinski definition) is 3. The Morgan fingerprint density at radius 3 is 2.28 bits per heavy atom. The predicted molar refractivity (Wildman–Crippen MR) is 119 cm³/mol. The molecule has 2 aromatic carbocycles. The number of para-hydroxylation sites is 1. The number of aliphatic imine (C=N–C) groups is 1. The molecule has 3 N–H and O–H groups in total. The first-order valence-corrected chi connectivity index (χ1v) is 9.94. The molecule has 1 aliphatic heterocycles. The third kappa shape index (κ3) is 5.02. The van der Waals surface area contributed by atoms with Crippen LogP contribution in [-0.4, -0.2) is 29.4 Å². The number of benzene rings is 2. The first-order valence-electron chi connectivity index (χ1n) is 9.53. The topological polar surface area (TPSA) is 82.6 Å². The van der Waals surface area contributed by atoms with Crippen molar-refractivity contribution in [2.45, 2.75) is 18.8 Å². The number of anilines is 1. The third-order valence-electron chi connectivity index (χ3n) is 4.95. The molecule has 3 rings (SSSR count). The van der Waals surface area contributed by atoms with E-state index in [4.69, 9.17) is 12.2 Å². The largest absolute Gasteiger partial charge is 0.349 e. The van der Waals surface area contributed by atoms with Gasteiger partial charge in [0.1, 0.15) is 5.82 Å². The Morgan fingerprint density at radius 1 is 1.00 bits per heavy atom. The van der Waals surface area contributed by atoms with Gasteiger partial charge in [0.25, 0.3) is 0 Å². The van der Waals surface area contributed by atoms with Crippen LogP contribution in [0.3, 0.4) is 0 Å². The molecule has 0 saturated carbocycles. The predicted octanol–water partition coefficient (Wildman–Crippen LogP) is 3.74. The Kier molecular flexibility index (Phi) is 7.37. The Hall–Kier alpha value is -3.53. The van der Waals surface area contributed by atoms with E-state index in [1.807, 2.05) is 11.5 Å². The Balaban J connectivity index is 2.04. The van der Waals surface area contributed by atoms with Crippen molar-refractivity contribution in [3.05, 3.63) is 78.3 Å². The molecule has 1 heterocycles. The molecule has 32 heavy (non-hydrogen) atoms. The van der Waals surface area contributed by atoms with Crippen molar-refractivity contribution in [3.8, 4) is 0 Å². The lowest BCUT2D eigenvalue weighted by Gasteiger charge is -2.39. The molecule has 0 aliphatic carbocycles. The van der Waals surface area contributed by atoms with Crippen LogP contribution in [-0.2, 0) is 9.59 Å². The zero-order chi connectivity index (χ0) is 23.1. The molecule has 0 spiro atoms. The summed E-state index contributed by atoms with van der Waals surface area (Å²) in [5.74, 6) is -4.61. The maximum absolute atomic E-state index is 14.8. The summed E-state index contributed by atoms with van der Waals surface area (Å²) in [4.78, 5) is 28.7. The summed E-state index contributed by atoms with van der Waals surface area (Å²) in [6.45, 7) is 0. The van der Waals surface area contributed by atoms with Gasteiger partial charge in [0.2, 0.25) is 5.91 Å². The van der Waals surface area contributed by atoms with E-state index in [1.54, 1.807) is 41.8 Å². The Bertz CT molecular complexity index is 1060. The maximum atomic E-state index is 14.8. The number of hydrogen-bond acceptors (Lipinski definition) is 4. The normalized spacial score (nSPS) is 18.1. The molecule has 6 nitrogen and oxygen atoms in total. The molecular formula is C22H19F3N4O2S. The van der Waals surface area contributed by atoms with Gasteiger partial charge >= 0.3 is 12.3 Å². The molecule has 166 valence electrons. The van der Waals surface area contributed by atoms with Gasteiger partial charge in [-0.3, -0.25) is 25.4 Å². The van der Waals surface area contributed by atoms with Crippen LogP contribution in [0.5, 0.6) is 0 Å². The minimum absolute atomic E-state index is 0.0199. The van der Waals surface area contributed by atoms with Crippen molar-refractivity contribution in [1.29, 1.82) is 0 Å². The quantitative estimate of drug-likeness (QED) is 0.453. The second kappa shape index (κ2) is 10.2. The van der Waals surface area contributed by atoms with Crippen molar-refractivity contribution >= 4 is 40.9 Å². The van der Waals surface area contributed by atoms with Crippen molar-refractivity contribution in [2.24, 2.45) is 10.4 Å². The van der Waals surface area contributed by atoms with Crippen LogP contribution in [0.4, 0.5) is 18.9 Å². The van der Waals surface area contributed by atoms with Crippen LogP contribution in [0.15, 0.2) is 71.9 Å². The van der Waals surface area contributed by atoms with Crippen LogP contribution >= 0.6 is 12.2 Å². The number of nitrogens with one attached hydrogen (secondary N) is 3. The lowest BCUT2D eigenvalue weighted by molar-refractivity contribution is -0.136. The smallest absolute Gasteiger partial charge is 0.317 e. The van der Waals surface area contributed by atoms with E-state index in [9.17, 15) is 22.8 Å². The number of amides is 2. The summed E-state index contributed by atoms with van der Waals surface area (Å²) in [5, 5.41) is 3.07. The number of thiocarbonyl (C=S) groups is 1. The minimum atomic E-state index is -3.33. The maximum Gasteiger partial charge on any atom is 0.317 e. The Morgan fingerprint density at radius 2 is 1.66 bits per heavy atom. The van der Waals surface area contributed by atoms with Gasteiger partial charge < -0.3 is 5.32 Å². The van der Waals surface area contributed by atoms with Crippen LogP contribution < -0.4 is 16.2 Å². The van der Waals surface area contributed by atoms with Crippen molar-refractivity contribution in [2.75, 3.05) is 5.32 Å². The number of hydrazine groups is 1. The summed E-state index contributed by atoms with van der Waals surface area (Å²) < 4.78 is 40.0. The lowest BCUT2D eigenvalue weighted by Crippen LogP contribution is -2.52. The summed E-state index contributed by atoms with van der Waals surface area (Å²) >= 11 is 5.65. The molecule has 0 bridgehead atoms. The van der Waals surface area contributed by atoms with Crippen molar-refractivity contribution in [1.82, 2.24) is 10.9 Å². The summed E-state index contributed by atoms with van der Waals surface area (Å²) in [7, 11) is 0. The average molecular weight is 460 g/mol. The van der Waals surface area contributed by atoms with E-state index in [0.717, 1.165) is 0 Å². The fourth-order valence-corrected chi connectivity index (χ4v) is 3.79. The highest BCUT2D eigenvalue weighted by Crippen LogP contribution is 2.44. The highest BCUT2D eigenvalue weighted by molar-refractivity contribution is 7.80. The molecule has 2 atom stereocenters. The molecule has 2 unspecified atom stereocenters. The number of carbonyl (C=O) groups is 2. The first-order chi connectivity index (χ1) is 15.3. The minimum Gasteiger partial charge on any atom is -0.349 e. The van der Waals surface area contributed by atoms with Gasteiger partial charge in [-0.1, -0.05) is 54.7 Å². The number of halogens is 3. The summed E-state index contributed by atoms with van der Waals surface area (Å²) in [6, 6.07) is 14.5. The van der Waals surface area contributed by atoms with Crippen LogP contribution in [0.2, 0.25) is 0 Å². The third-order valence-corrected chi connectivity index (χ3v) is 5.43. The summed E-state index contributed by atoms with van der Waals surface area (Å²) in [5.41, 5.74) is 2.97. The first kappa shape index (κ1) is 23.1. The van der Waals surface area contributed by atoms with Gasteiger partial charge in [0.05, 0.1) is 16.3 Å². The standard InChI is InChI=1S/C22H19F3N4O2S/c23-16-9-5-4-8-15(16)17(19(30)28-29-20(31)18(24)25)22(10-12-26-13-11-22)21(32)27-14-6-2-1-3-7-14/h1-10,12-13,17-18H,11H2,(H,27,32)(H,28,30)(H,29,31). The average Bonchev–Trinajstić information content (AvgIpc) is 2.80. The van der Waals surface area contributed by atoms with Gasteiger partial charge in [0, 0.05) is 23.7 Å². The van der Waals surface area contributed by atoms with Crippen LogP contribution in [0.1, 0.15) is 17.9 Å². The zero-order valence-corrected chi connectivity index (χ0v) is 17.4. The molecule has 0 fully saturated rings. The number of carbonyl (C=O) groups excluding carboxylic acids is 2. The summed E-state index contributed by atoms with van der Waals surface area (Å²) in [6.07, 6.45) is 1.31. The van der Waals surface area contributed by atoms with Crippen LogP contribution in [0.25, 0.3) is 0 Å². The van der Waals surface area contributed by atoms with E-state index in [1.165, 1.54) is 30.6 Å². The van der Waals surface area contributed by atoms with Crippen LogP contribution in [0, 0.1) is 11.2 Å². The van der Waals surface area contributed by atoms with E-state index in [0.29, 0.717) is 5.69 Å². The van der Waals surface area contributed by atoms with E-state index < -0.39 is 35.4 Å². The molecule has 0 radical (unpaired) electrons. The van der Waals surface area contributed by atoms with E-state index in [-0.39, 0.29) is 17.0 Å². The fraction of sp³-hybridized carbons (Fsp3) is 0.182. The Labute approximate surface area is 187 Å². The highest BCUT2D eigenvalue weighted by atomic mass is 32.1. The van der Waals surface area contributed by atoms with E-state index in [2.05, 4.69) is 10.3 Å². The second-order valence-electron chi connectivity index (χ2n) is 6.95. The molecule has 2 amide bonds. The molecule has 0 aromatic heterocycles. The van der Waals surface area contributed by atoms with Crippen molar-refractivity contribution < 1.29 is 22.8 Å².